The van der Waals surface area contributed by atoms with Gasteiger partial charge in [-0.3, -0.25) is 0 Å². The number of halogens is 3. The zero-order chi connectivity index (χ0) is 15.2. The van der Waals surface area contributed by atoms with E-state index in [-0.39, 0.29) is 12.2 Å². The van der Waals surface area contributed by atoms with Crippen molar-refractivity contribution in [2.45, 2.75) is 17.2 Å². The van der Waals surface area contributed by atoms with Crippen LogP contribution in [0.3, 0.4) is 0 Å². The molecule has 0 spiro atoms. The van der Waals surface area contributed by atoms with Crippen LogP contribution >= 0.6 is 11.8 Å². The SMILES string of the molecule is C=C=CC(SC(F)(F)F)(C(=O)OCC)c1ccccc1. The maximum atomic E-state index is 12.8. The van der Waals surface area contributed by atoms with Crippen LogP contribution in [0.5, 0.6) is 0 Å². The Morgan fingerprint density at radius 3 is 2.45 bits per heavy atom. The molecule has 0 saturated heterocycles. The molecule has 6 heteroatoms. The Kier molecular flexibility index (Phi) is 5.48. The zero-order valence-electron chi connectivity index (χ0n) is 10.7. The van der Waals surface area contributed by atoms with Crippen LogP contribution in [0.1, 0.15) is 12.5 Å². The third-order valence-electron chi connectivity index (χ3n) is 2.36. The second-order valence-corrected chi connectivity index (χ2v) is 5.03. The molecular weight excluding hydrogens is 289 g/mol. The minimum absolute atomic E-state index is 0.0170. The van der Waals surface area contributed by atoms with E-state index in [1.807, 2.05) is 0 Å². The van der Waals surface area contributed by atoms with Crippen molar-refractivity contribution in [3.05, 3.63) is 54.3 Å². The third-order valence-corrected chi connectivity index (χ3v) is 3.44. The fourth-order valence-electron chi connectivity index (χ4n) is 1.64. The molecule has 0 aliphatic heterocycles. The summed E-state index contributed by atoms with van der Waals surface area (Å²) in [6.07, 6.45) is 0.985. The fourth-order valence-corrected chi connectivity index (χ4v) is 2.54. The minimum Gasteiger partial charge on any atom is -0.464 e. The molecule has 1 aromatic carbocycles. The Morgan fingerprint density at radius 1 is 1.40 bits per heavy atom. The summed E-state index contributed by atoms with van der Waals surface area (Å²) in [4.78, 5) is 12.1. The molecule has 2 nitrogen and oxygen atoms in total. The molecule has 1 atom stereocenters. The van der Waals surface area contributed by atoms with Crippen molar-refractivity contribution in [3.8, 4) is 0 Å². The monoisotopic (exact) mass is 302 g/mol. The molecule has 1 rings (SSSR count). The summed E-state index contributed by atoms with van der Waals surface area (Å²) in [5.74, 6) is -0.996. The quantitative estimate of drug-likeness (QED) is 0.606. The Bertz CT molecular complexity index is 507. The molecule has 0 saturated carbocycles. The smallest absolute Gasteiger partial charge is 0.443 e. The van der Waals surface area contributed by atoms with E-state index in [4.69, 9.17) is 4.74 Å². The van der Waals surface area contributed by atoms with Gasteiger partial charge in [-0.2, -0.15) is 13.2 Å². The second kappa shape index (κ2) is 6.68. The van der Waals surface area contributed by atoms with Crippen molar-refractivity contribution in [1.29, 1.82) is 0 Å². The summed E-state index contributed by atoms with van der Waals surface area (Å²) < 4.78 is 41.3. The Hall–Kier alpha value is -1.65. The standard InChI is InChI=1S/C14H13F3O2S/c1-3-10-13(12(18)19-4-2,20-14(15,16)17)11-8-6-5-7-9-11/h5-10H,1,4H2,2H3. The van der Waals surface area contributed by atoms with Crippen LogP contribution in [-0.2, 0) is 14.3 Å². The maximum absolute atomic E-state index is 12.8. The van der Waals surface area contributed by atoms with E-state index in [9.17, 15) is 18.0 Å². The third kappa shape index (κ3) is 3.92. The zero-order valence-corrected chi connectivity index (χ0v) is 11.6. The average Bonchev–Trinajstić information content (AvgIpc) is 2.38. The van der Waals surface area contributed by atoms with Crippen LogP contribution in [-0.4, -0.2) is 18.1 Å². The van der Waals surface area contributed by atoms with E-state index in [1.165, 1.54) is 19.1 Å². The van der Waals surface area contributed by atoms with Crippen LogP contribution in [0.2, 0.25) is 0 Å². The number of carbonyl (C=O) groups is 1. The molecule has 0 radical (unpaired) electrons. The van der Waals surface area contributed by atoms with Crippen molar-refractivity contribution in [2.75, 3.05) is 6.61 Å². The Balaban J connectivity index is 3.42. The van der Waals surface area contributed by atoms with E-state index in [2.05, 4.69) is 12.3 Å². The van der Waals surface area contributed by atoms with Gasteiger partial charge in [-0.25, -0.2) is 4.79 Å². The normalized spacial score (nSPS) is 14.0. The van der Waals surface area contributed by atoms with E-state index in [0.717, 1.165) is 6.08 Å². The summed E-state index contributed by atoms with van der Waals surface area (Å²) in [6.45, 7) is 4.79. The number of ether oxygens (including phenoxy) is 1. The predicted octanol–water partition coefficient (Wildman–Crippen LogP) is 4.04. The Labute approximate surface area is 119 Å². The van der Waals surface area contributed by atoms with Gasteiger partial charge in [0.05, 0.1) is 6.61 Å². The summed E-state index contributed by atoms with van der Waals surface area (Å²) >= 11 is -0.458. The summed E-state index contributed by atoms with van der Waals surface area (Å²) in [5, 5.41) is 0. The first-order valence-corrected chi connectivity index (χ1v) is 6.54. The van der Waals surface area contributed by atoms with Crippen molar-refractivity contribution >= 4 is 17.7 Å². The van der Waals surface area contributed by atoms with Crippen molar-refractivity contribution in [3.63, 3.8) is 0 Å². The second-order valence-electron chi connectivity index (χ2n) is 3.72. The van der Waals surface area contributed by atoms with Crippen LogP contribution < -0.4 is 0 Å². The lowest BCUT2D eigenvalue weighted by atomic mass is 9.98. The highest BCUT2D eigenvalue weighted by atomic mass is 32.2. The molecule has 1 aromatic rings. The van der Waals surface area contributed by atoms with Gasteiger partial charge in [0.1, 0.15) is 0 Å². The fraction of sp³-hybridized carbons (Fsp3) is 0.286. The number of carbonyl (C=O) groups excluding carboxylic acids is 1. The highest BCUT2D eigenvalue weighted by Crippen LogP contribution is 2.48. The van der Waals surface area contributed by atoms with Crippen LogP contribution in [0.25, 0.3) is 0 Å². The molecule has 1 unspecified atom stereocenters. The highest BCUT2D eigenvalue weighted by Gasteiger charge is 2.49. The molecule has 0 aliphatic carbocycles. The maximum Gasteiger partial charge on any atom is 0.443 e. The van der Waals surface area contributed by atoms with E-state index in [0.29, 0.717) is 0 Å². The van der Waals surface area contributed by atoms with E-state index >= 15 is 0 Å². The predicted molar refractivity (Wildman–Crippen MR) is 72.1 cm³/mol. The first-order chi connectivity index (χ1) is 9.35. The van der Waals surface area contributed by atoms with Gasteiger partial charge >= 0.3 is 11.5 Å². The summed E-state index contributed by atoms with van der Waals surface area (Å²) in [7, 11) is 0. The number of esters is 1. The van der Waals surface area contributed by atoms with Crippen molar-refractivity contribution < 1.29 is 22.7 Å². The summed E-state index contributed by atoms with van der Waals surface area (Å²) in [5.41, 5.74) is -2.18. The minimum atomic E-state index is -4.62. The van der Waals surface area contributed by atoms with E-state index < -0.39 is 28.0 Å². The molecule has 0 heterocycles. The lowest BCUT2D eigenvalue weighted by molar-refractivity contribution is -0.145. The lowest BCUT2D eigenvalue weighted by Crippen LogP contribution is -2.35. The molecule has 0 N–H and O–H groups in total. The van der Waals surface area contributed by atoms with Crippen LogP contribution in [0.15, 0.2) is 48.7 Å². The van der Waals surface area contributed by atoms with Crippen molar-refractivity contribution in [1.82, 2.24) is 0 Å². The molecule has 20 heavy (non-hydrogen) atoms. The largest absolute Gasteiger partial charge is 0.464 e. The average molecular weight is 302 g/mol. The van der Waals surface area contributed by atoms with Gasteiger partial charge in [-0.1, -0.05) is 36.9 Å². The molecule has 0 aromatic heterocycles. The van der Waals surface area contributed by atoms with Gasteiger partial charge in [0.25, 0.3) is 0 Å². The molecule has 0 fully saturated rings. The highest BCUT2D eigenvalue weighted by molar-refractivity contribution is 8.01. The number of thioether (sulfide) groups is 1. The van der Waals surface area contributed by atoms with Gasteiger partial charge < -0.3 is 4.74 Å². The molecular formula is C14H13F3O2S. The number of alkyl halides is 3. The lowest BCUT2D eigenvalue weighted by Gasteiger charge is -2.28. The van der Waals surface area contributed by atoms with Gasteiger partial charge in [-0.05, 0) is 30.3 Å². The number of hydrogen-bond acceptors (Lipinski definition) is 3. The first-order valence-electron chi connectivity index (χ1n) is 5.72. The Morgan fingerprint density at radius 2 is 2.00 bits per heavy atom. The number of benzene rings is 1. The number of rotatable bonds is 5. The molecule has 0 amide bonds. The topological polar surface area (TPSA) is 26.3 Å². The van der Waals surface area contributed by atoms with Crippen LogP contribution in [0.4, 0.5) is 13.2 Å². The number of hydrogen-bond donors (Lipinski definition) is 0. The molecule has 0 bridgehead atoms. The summed E-state index contributed by atoms with van der Waals surface area (Å²) in [6, 6.07) is 7.62. The first kappa shape index (κ1) is 16.4. The van der Waals surface area contributed by atoms with E-state index in [1.54, 1.807) is 18.2 Å². The van der Waals surface area contributed by atoms with Gasteiger partial charge in [0.2, 0.25) is 0 Å². The van der Waals surface area contributed by atoms with Gasteiger partial charge in [-0.15, -0.1) is 5.73 Å². The van der Waals surface area contributed by atoms with Crippen LogP contribution in [0, 0.1) is 0 Å². The van der Waals surface area contributed by atoms with Gasteiger partial charge in [0, 0.05) is 0 Å². The van der Waals surface area contributed by atoms with Crippen molar-refractivity contribution in [2.24, 2.45) is 0 Å². The molecule has 108 valence electrons. The molecule has 0 aliphatic rings. The van der Waals surface area contributed by atoms with Gasteiger partial charge in [0.15, 0.2) is 4.75 Å².